The molecule has 0 fully saturated rings. The Hall–Kier alpha value is -1.86. The highest BCUT2D eigenvalue weighted by Gasteiger charge is 2.20. The number of nitriles is 1. The molecule has 21 heavy (non-hydrogen) atoms. The average Bonchev–Trinajstić information content (AvgIpc) is 2.70. The molecule has 0 aliphatic carbocycles. The van der Waals surface area contributed by atoms with Crippen LogP contribution < -0.4 is 0 Å². The predicted molar refractivity (Wildman–Crippen MR) is 84.1 cm³/mol. The van der Waals surface area contributed by atoms with Crippen LogP contribution in [0.25, 0.3) is 11.0 Å². The summed E-state index contributed by atoms with van der Waals surface area (Å²) in [5, 5.41) is 9.08. The molecule has 0 N–H and O–H groups in total. The molecule has 1 unspecified atom stereocenters. The van der Waals surface area contributed by atoms with Crippen molar-refractivity contribution < 1.29 is 0 Å². The number of fused-ring (bicyclic) bond motifs is 3. The number of rotatable bonds is 3. The first-order chi connectivity index (χ1) is 10.2. The second-order valence-electron chi connectivity index (χ2n) is 5.92. The van der Waals surface area contributed by atoms with Crippen LogP contribution in [0.15, 0.2) is 18.2 Å². The van der Waals surface area contributed by atoms with Crippen molar-refractivity contribution in [2.24, 2.45) is 0 Å². The number of hydrogen-bond donors (Lipinski definition) is 0. The van der Waals surface area contributed by atoms with E-state index in [1.807, 2.05) is 18.2 Å². The maximum Gasteiger partial charge on any atom is 0.111 e. The fourth-order valence-electron chi connectivity index (χ4n) is 3.31. The fraction of sp³-hybridized carbons (Fsp3) is 0.529. The molecule has 4 heteroatoms. The lowest BCUT2D eigenvalue weighted by molar-refractivity contribution is 0.203. The van der Waals surface area contributed by atoms with Crippen LogP contribution in [0.2, 0.25) is 0 Å². The van der Waals surface area contributed by atoms with E-state index in [1.165, 1.54) is 12.8 Å². The van der Waals surface area contributed by atoms with Gasteiger partial charge in [0.15, 0.2) is 0 Å². The van der Waals surface area contributed by atoms with Gasteiger partial charge in [-0.15, -0.1) is 0 Å². The summed E-state index contributed by atoms with van der Waals surface area (Å²) in [5.74, 6) is 1.16. The van der Waals surface area contributed by atoms with Crippen molar-refractivity contribution >= 4 is 11.0 Å². The number of imidazole rings is 1. The number of nitrogens with zero attached hydrogens (tertiary/aromatic N) is 4. The molecule has 1 aromatic heterocycles. The molecule has 1 atom stereocenters. The van der Waals surface area contributed by atoms with Crippen molar-refractivity contribution in [3.05, 3.63) is 29.6 Å². The summed E-state index contributed by atoms with van der Waals surface area (Å²) in [4.78, 5) is 7.32. The molecule has 2 heterocycles. The van der Waals surface area contributed by atoms with Gasteiger partial charge in [0.25, 0.3) is 0 Å². The van der Waals surface area contributed by atoms with Crippen LogP contribution in [0.4, 0.5) is 0 Å². The first kappa shape index (κ1) is 14.1. The molecule has 0 spiro atoms. The van der Waals surface area contributed by atoms with E-state index in [4.69, 9.17) is 10.2 Å². The van der Waals surface area contributed by atoms with Crippen molar-refractivity contribution in [1.82, 2.24) is 14.5 Å². The minimum Gasteiger partial charge on any atom is -0.327 e. The fourth-order valence-corrected chi connectivity index (χ4v) is 3.31. The SMILES string of the molecule is CCCC(C)N1CCc2nc3ccc(C#N)cc3n2CC1. The number of aromatic nitrogens is 2. The Labute approximate surface area is 126 Å². The van der Waals surface area contributed by atoms with Gasteiger partial charge in [0.1, 0.15) is 5.82 Å². The van der Waals surface area contributed by atoms with Gasteiger partial charge in [-0.25, -0.2) is 4.98 Å². The van der Waals surface area contributed by atoms with Crippen LogP contribution >= 0.6 is 0 Å². The lowest BCUT2D eigenvalue weighted by Crippen LogP contribution is -2.35. The van der Waals surface area contributed by atoms with Crippen molar-refractivity contribution in [3.63, 3.8) is 0 Å². The van der Waals surface area contributed by atoms with Gasteiger partial charge >= 0.3 is 0 Å². The van der Waals surface area contributed by atoms with Gasteiger partial charge in [-0.2, -0.15) is 5.26 Å². The van der Waals surface area contributed by atoms with Crippen molar-refractivity contribution in [3.8, 4) is 6.07 Å². The minimum atomic E-state index is 0.639. The van der Waals surface area contributed by atoms with Gasteiger partial charge in [0.2, 0.25) is 0 Å². The largest absolute Gasteiger partial charge is 0.327 e. The van der Waals surface area contributed by atoms with E-state index in [1.54, 1.807) is 0 Å². The normalized spacial score (nSPS) is 17.2. The Kier molecular flexibility index (Phi) is 3.94. The summed E-state index contributed by atoms with van der Waals surface area (Å²) < 4.78 is 2.30. The van der Waals surface area contributed by atoms with E-state index in [0.717, 1.165) is 42.9 Å². The van der Waals surface area contributed by atoms with E-state index in [2.05, 4.69) is 29.4 Å². The van der Waals surface area contributed by atoms with Gasteiger partial charge in [-0.1, -0.05) is 13.3 Å². The van der Waals surface area contributed by atoms with Gasteiger partial charge in [-0.05, 0) is 31.5 Å². The second-order valence-corrected chi connectivity index (χ2v) is 5.92. The Balaban J connectivity index is 1.89. The zero-order valence-electron chi connectivity index (χ0n) is 12.8. The van der Waals surface area contributed by atoms with Crippen molar-refractivity contribution in [2.75, 3.05) is 13.1 Å². The molecule has 2 aromatic rings. The molecule has 1 aliphatic heterocycles. The highest BCUT2D eigenvalue weighted by Crippen LogP contribution is 2.21. The summed E-state index contributed by atoms with van der Waals surface area (Å²) >= 11 is 0. The van der Waals surface area contributed by atoms with Gasteiger partial charge in [0.05, 0.1) is 22.7 Å². The molecule has 1 aromatic carbocycles. The molecule has 0 radical (unpaired) electrons. The third kappa shape index (κ3) is 2.66. The topological polar surface area (TPSA) is 44.9 Å². The second kappa shape index (κ2) is 5.87. The van der Waals surface area contributed by atoms with E-state index in [-0.39, 0.29) is 0 Å². The standard InChI is InChI=1S/C17H22N4/c1-3-4-13(2)20-8-7-17-19-15-6-5-14(12-18)11-16(15)21(17)10-9-20/h5-6,11,13H,3-4,7-10H2,1-2H3. The Bertz CT molecular complexity index is 680. The first-order valence-electron chi connectivity index (χ1n) is 7.86. The smallest absolute Gasteiger partial charge is 0.111 e. The van der Waals surface area contributed by atoms with E-state index < -0.39 is 0 Å². The molecule has 110 valence electrons. The monoisotopic (exact) mass is 282 g/mol. The zero-order chi connectivity index (χ0) is 14.8. The Morgan fingerprint density at radius 1 is 1.33 bits per heavy atom. The summed E-state index contributed by atoms with van der Waals surface area (Å²) in [7, 11) is 0. The summed E-state index contributed by atoms with van der Waals surface area (Å²) in [6.07, 6.45) is 3.48. The van der Waals surface area contributed by atoms with Crippen LogP contribution in [0.5, 0.6) is 0 Å². The highest BCUT2D eigenvalue weighted by molar-refractivity contribution is 5.77. The molecule has 0 saturated carbocycles. The van der Waals surface area contributed by atoms with E-state index in [9.17, 15) is 0 Å². The molecule has 0 bridgehead atoms. The van der Waals surface area contributed by atoms with Crippen LogP contribution in [0.3, 0.4) is 0 Å². The molecule has 4 nitrogen and oxygen atoms in total. The highest BCUT2D eigenvalue weighted by atomic mass is 15.2. The Morgan fingerprint density at radius 3 is 2.95 bits per heavy atom. The van der Waals surface area contributed by atoms with Crippen LogP contribution in [0, 0.1) is 11.3 Å². The number of benzene rings is 1. The lowest BCUT2D eigenvalue weighted by Gasteiger charge is -2.27. The van der Waals surface area contributed by atoms with Crippen LogP contribution in [0.1, 0.15) is 38.1 Å². The Morgan fingerprint density at radius 2 is 2.19 bits per heavy atom. The average molecular weight is 282 g/mol. The van der Waals surface area contributed by atoms with Crippen molar-refractivity contribution in [1.29, 1.82) is 5.26 Å². The summed E-state index contributed by atoms with van der Waals surface area (Å²) in [6.45, 7) is 7.68. The quantitative estimate of drug-likeness (QED) is 0.869. The number of hydrogen-bond acceptors (Lipinski definition) is 3. The third-order valence-electron chi connectivity index (χ3n) is 4.52. The molecule has 0 saturated heterocycles. The van der Waals surface area contributed by atoms with Gasteiger partial charge < -0.3 is 4.57 Å². The van der Waals surface area contributed by atoms with Gasteiger partial charge in [-0.3, -0.25) is 4.90 Å². The third-order valence-corrected chi connectivity index (χ3v) is 4.52. The summed E-state index contributed by atoms with van der Waals surface area (Å²) in [5.41, 5.74) is 2.83. The maximum atomic E-state index is 9.08. The van der Waals surface area contributed by atoms with Crippen LogP contribution in [-0.4, -0.2) is 33.6 Å². The molecule has 3 rings (SSSR count). The van der Waals surface area contributed by atoms with Crippen LogP contribution in [-0.2, 0) is 13.0 Å². The molecule has 0 amide bonds. The predicted octanol–water partition coefficient (Wildman–Crippen LogP) is 2.95. The first-order valence-corrected chi connectivity index (χ1v) is 7.86. The lowest BCUT2D eigenvalue weighted by atomic mass is 10.1. The van der Waals surface area contributed by atoms with Gasteiger partial charge in [0, 0.05) is 32.1 Å². The molecule has 1 aliphatic rings. The zero-order valence-corrected chi connectivity index (χ0v) is 12.8. The molecular formula is C17H22N4. The summed E-state index contributed by atoms with van der Waals surface area (Å²) in [6, 6.07) is 8.65. The van der Waals surface area contributed by atoms with Crippen molar-refractivity contribution in [2.45, 2.75) is 45.7 Å². The van der Waals surface area contributed by atoms with E-state index >= 15 is 0 Å². The minimum absolute atomic E-state index is 0.639. The molecular weight excluding hydrogens is 260 g/mol. The maximum absolute atomic E-state index is 9.08. The van der Waals surface area contributed by atoms with E-state index in [0.29, 0.717) is 11.6 Å².